The Labute approximate surface area is 54.2 Å². The minimum Gasteiger partial charge on any atom is -0.328 e. The topological polar surface area (TPSA) is 26.0 Å². The van der Waals surface area contributed by atoms with Gasteiger partial charge in [-0.25, -0.2) is 8.78 Å². The molecular formula is C6H13F2N. The Hall–Kier alpha value is -0.180. The molecule has 0 saturated carbocycles. The van der Waals surface area contributed by atoms with E-state index in [0.717, 1.165) is 0 Å². The summed E-state index contributed by atoms with van der Waals surface area (Å²) in [4.78, 5) is 0. The van der Waals surface area contributed by atoms with Crippen LogP contribution in [0.5, 0.6) is 0 Å². The van der Waals surface area contributed by atoms with Crippen LogP contribution in [0, 0.1) is 0 Å². The predicted octanol–water partition coefficient (Wildman–Crippen LogP) is 1.77. The number of hydrogen-bond acceptors (Lipinski definition) is 1. The van der Waals surface area contributed by atoms with E-state index in [-0.39, 0.29) is 12.5 Å². The first kappa shape index (κ1) is 8.82. The molecule has 0 fully saturated rings. The van der Waals surface area contributed by atoms with Crippen molar-refractivity contribution in [3.8, 4) is 0 Å². The summed E-state index contributed by atoms with van der Waals surface area (Å²) in [6.45, 7) is 1.82. The lowest BCUT2D eigenvalue weighted by molar-refractivity contribution is 0.133. The van der Waals surface area contributed by atoms with Crippen LogP contribution in [-0.2, 0) is 0 Å². The third-order valence-corrected chi connectivity index (χ3v) is 1.08. The van der Waals surface area contributed by atoms with E-state index < -0.39 is 6.43 Å². The summed E-state index contributed by atoms with van der Waals surface area (Å²) in [6.07, 6.45) is -0.940. The molecule has 0 heterocycles. The summed E-state index contributed by atoms with van der Waals surface area (Å²) in [7, 11) is 0. The SMILES string of the molecule is CC(N)CCCC(F)F. The molecule has 0 bridgehead atoms. The standard InChI is InChI=1S/C6H13F2N/c1-5(9)3-2-4-6(7)8/h5-6H,2-4,9H2,1H3. The highest BCUT2D eigenvalue weighted by molar-refractivity contribution is 4.53. The fourth-order valence-corrected chi connectivity index (χ4v) is 0.594. The molecule has 0 aliphatic heterocycles. The summed E-state index contributed by atoms with van der Waals surface area (Å²) in [5, 5.41) is 0. The zero-order valence-electron chi connectivity index (χ0n) is 5.61. The Morgan fingerprint density at radius 3 is 2.22 bits per heavy atom. The normalized spacial score (nSPS) is 14.3. The summed E-state index contributed by atoms with van der Waals surface area (Å²) < 4.78 is 22.9. The number of nitrogens with two attached hydrogens (primary N) is 1. The Morgan fingerprint density at radius 1 is 1.33 bits per heavy atom. The fraction of sp³-hybridized carbons (Fsp3) is 1.00. The van der Waals surface area contributed by atoms with E-state index in [9.17, 15) is 8.78 Å². The lowest BCUT2D eigenvalue weighted by Crippen LogP contribution is -2.14. The Balaban J connectivity index is 2.91. The van der Waals surface area contributed by atoms with Crippen molar-refractivity contribution in [3.05, 3.63) is 0 Å². The van der Waals surface area contributed by atoms with Crippen LogP contribution in [-0.4, -0.2) is 12.5 Å². The van der Waals surface area contributed by atoms with Gasteiger partial charge < -0.3 is 5.73 Å². The van der Waals surface area contributed by atoms with E-state index >= 15 is 0 Å². The van der Waals surface area contributed by atoms with Crippen LogP contribution in [0.4, 0.5) is 8.78 Å². The lowest BCUT2D eigenvalue weighted by atomic mass is 10.1. The van der Waals surface area contributed by atoms with Gasteiger partial charge in [-0.1, -0.05) is 0 Å². The van der Waals surface area contributed by atoms with Gasteiger partial charge in [-0.2, -0.15) is 0 Å². The van der Waals surface area contributed by atoms with E-state index in [1.54, 1.807) is 0 Å². The second-order valence-corrected chi connectivity index (χ2v) is 2.30. The maximum Gasteiger partial charge on any atom is 0.238 e. The van der Waals surface area contributed by atoms with Gasteiger partial charge in [-0.3, -0.25) is 0 Å². The van der Waals surface area contributed by atoms with Gasteiger partial charge in [0.05, 0.1) is 0 Å². The minimum atomic E-state index is -2.16. The molecule has 0 aliphatic carbocycles. The zero-order valence-corrected chi connectivity index (χ0v) is 5.61. The highest BCUT2D eigenvalue weighted by atomic mass is 19.3. The van der Waals surface area contributed by atoms with Crippen LogP contribution in [0.1, 0.15) is 26.2 Å². The predicted molar refractivity (Wildman–Crippen MR) is 33.5 cm³/mol. The molecule has 3 heteroatoms. The highest BCUT2D eigenvalue weighted by Gasteiger charge is 2.01. The Morgan fingerprint density at radius 2 is 1.89 bits per heavy atom. The van der Waals surface area contributed by atoms with Crippen molar-refractivity contribution in [1.29, 1.82) is 0 Å². The number of alkyl halides is 2. The van der Waals surface area contributed by atoms with E-state index in [2.05, 4.69) is 0 Å². The Kier molecular flexibility index (Phi) is 4.58. The van der Waals surface area contributed by atoms with Gasteiger partial charge >= 0.3 is 0 Å². The zero-order chi connectivity index (χ0) is 7.28. The summed E-state index contributed by atoms with van der Waals surface area (Å²) >= 11 is 0. The monoisotopic (exact) mass is 137 g/mol. The summed E-state index contributed by atoms with van der Waals surface area (Å²) in [5.41, 5.74) is 5.33. The third-order valence-electron chi connectivity index (χ3n) is 1.08. The first-order chi connectivity index (χ1) is 4.13. The molecule has 0 saturated heterocycles. The van der Waals surface area contributed by atoms with Crippen molar-refractivity contribution in [2.24, 2.45) is 5.73 Å². The molecule has 0 spiro atoms. The van der Waals surface area contributed by atoms with Crippen molar-refractivity contribution in [3.63, 3.8) is 0 Å². The first-order valence-electron chi connectivity index (χ1n) is 3.16. The maximum atomic E-state index is 11.4. The second-order valence-electron chi connectivity index (χ2n) is 2.30. The van der Waals surface area contributed by atoms with Gasteiger partial charge in [0.1, 0.15) is 0 Å². The van der Waals surface area contributed by atoms with Crippen molar-refractivity contribution in [2.45, 2.75) is 38.7 Å². The molecule has 0 aromatic rings. The van der Waals surface area contributed by atoms with Crippen molar-refractivity contribution >= 4 is 0 Å². The largest absolute Gasteiger partial charge is 0.328 e. The van der Waals surface area contributed by atoms with E-state index in [4.69, 9.17) is 5.73 Å². The van der Waals surface area contributed by atoms with Gasteiger partial charge in [0, 0.05) is 12.5 Å². The van der Waals surface area contributed by atoms with E-state index in [1.165, 1.54) is 0 Å². The Bertz CT molecular complexity index is 56.1. The number of hydrogen-bond donors (Lipinski definition) is 1. The summed E-state index contributed by atoms with van der Waals surface area (Å²) in [6, 6.07) is 0.0590. The van der Waals surface area contributed by atoms with Crippen molar-refractivity contribution in [1.82, 2.24) is 0 Å². The van der Waals surface area contributed by atoms with Crippen LogP contribution in [0.25, 0.3) is 0 Å². The first-order valence-corrected chi connectivity index (χ1v) is 3.16. The van der Waals surface area contributed by atoms with Crippen molar-refractivity contribution < 1.29 is 8.78 Å². The van der Waals surface area contributed by atoms with E-state index in [1.807, 2.05) is 6.92 Å². The van der Waals surface area contributed by atoms with E-state index in [0.29, 0.717) is 12.8 Å². The molecule has 1 unspecified atom stereocenters. The van der Waals surface area contributed by atoms with Crippen LogP contribution < -0.4 is 5.73 Å². The van der Waals surface area contributed by atoms with Crippen LogP contribution in [0.15, 0.2) is 0 Å². The van der Waals surface area contributed by atoms with Gasteiger partial charge in [0.15, 0.2) is 0 Å². The van der Waals surface area contributed by atoms with Crippen LogP contribution in [0.3, 0.4) is 0 Å². The molecule has 1 atom stereocenters. The molecule has 1 nitrogen and oxygen atoms in total. The van der Waals surface area contributed by atoms with Crippen molar-refractivity contribution in [2.75, 3.05) is 0 Å². The molecule has 0 rings (SSSR count). The third kappa shape index (κ3) is 7.82. The van der Waals surface area contributed by atoms with Gasteiger partial charge in [0.2, 0.25) is 6.43 Å². The molecular weight excluding hydrogens is 124 g/mol. The molecule has 0 aromatic heterocycles. The van der Waals surface area contributed by atoms with Gasteiger partial charge in [0.25, 0.3) is 0 Å². The molecule has 0 aromatic carbocycles. The highest BCUT2D eigenvalue weighted by Crippen LogP contribution is 2.06. The van der Waals surface area contributed by atoms with Crippen LogP contribution >= 0.6 is 0 Å². The molecule has 2 N–H and O–H groups in total. The molecule has 9 heavy (non-hydrogen) atoms. The molecule has 56 valence electrons. The maximum absolute atomic E-state index is 11.4. The average molecular weight is 137 g/mol. The fourth-order valence-electron chi connectivity index (χ4n) is 0.594. The quantitative estimate of drug-likeness (QED) is 0.627. The average Bonchev–Trinajstić information content (AvgIpc) is 1.63. The van der Waals surface area contributed by atoms with Gasteiger partial charge in [-0.15, -0.1) is 0 Å². The lowest BCUT2D eigenvalue weighted by Gasteiger charge is -2.02. The summed E-state index contributed by atoms with van der Waals surface area (Å²) in [5.74, 6) is 0. The number of halogens is 2. The second kappa shape index (κ2) is 4.68. The van der Waals surface area contributed by atoms with Crippen LogP contribution in [0.2, 0.25) is 0 Å². The minimum absolute atomic E-state index is 0.0124. The molecule has 0 amide bonds. The van der Waals surface area contributed by atoms with Gasteiger partial charge in [-0.05, 0) is 19.8 Å². The molecule has 0 radical (unpaired) electrons. The number of rotatable bonds is 4. The molecule has 0 aliphatic rings. The smallest absolute Gasteiger partial charge is 0.238 e.